The number of furan rings is 1. The van der Waals surface area contributed by atoms with Crippen molar-refractivity contribution < 1.29 is 18.6 Å². The Morgan fingerprint density at radius 1 is 1.21 bits per heavy atom. The molecule has 4 rings (SSSR count). The van der Waals surface area contributed by atoms with E-state index in [1.165, 1.54) is 12.8 Å². The third kappa shape index (κ3) is 5.96. The summed E-state index contributed by atoms with van der Waals surface area (Å²) in [4.78, 5) is 4.79. The van der Waals surface area contributed by atoms with Gasteiger partial charge in [-0.1, -0.05) is 6.92 Å². The summed E-state index contributed by atoms with van der Waals surface area (Å²) in [6, 6.07) is 3.91. The quantitative estimate of drug-likeness (QED) is 0.537. The van der Waals surface area contributed by atoms with Crippen LogP contribution in [0.4, 0.5) is 0 Å². The molecule has 1 aliphatic carbocycles. The van der Waals surface area contributed by atoms with Crippen molar-refractivity contribution in [3.05, 3.63) is 24.2 Å². The zero-order valence-electron chi connectivity index (χ0n) is 17.5. The van der Waals surface area contributed by atoms with Crippen molar-refractivity contribution in [2.45, 2.75) is 57.3 Å². The summed E-state index contributed by atoms with van der Waals surface area (Å²) in [6.45, 7) is 6.87. The summed E-state index contributed by atoms with van der Waals surface area (Å²) in [6.07, 6.45) is 8.07. The van der Waals surface area contributed by atoms with Crippen molar-refractivity contribution in [1.82, 2.24) is 10.6 Å². The van der Waals surface area contributed by atoms with Gasteiger partial charge in [0, 0.05) is 51.4 Å². The summed E-state index contributed by atoms with van der Waals surface area (Å²) in [5.74, 6) is 2.75. The number of hydrogen-bond donors (Lipinski definition) is 2. The molecule has 1 aromatic rings. The molecule has 1 aromatic heterocycles. The maximum absolute atomic E-state index is 6.33. The Labute approximate surface area is 173 Å². The van der Waals surface area contributed by atoms with Crippen LogP contribution in [-0.2, 0) is 20.6 Å². The van der Waals surface area contributed by atoms with Gasteiger partial charge in [-0.15, -0.1) is 0 Å². The van der Waals surface area contributed by atoms with Crippen LogP contribution in [0.3, 0.4) is 0 Å². The third-order valence-corrected chi connectivity index (χ3v) is 6.22. The van der Waals surface area contributed by atoms with Crippen LogP contribution < -0.4 is 10.6 Å². The van der Waals surface area contributed by atoms with Crippen LogP contribution >= 0.6 is 0 Å². The van der Waals surface area contributed by atoms with Crippen LogP contribution in [0.15, 0.2) is 27.8 Å². The Kier molecular flexibility index (Phi) is 7.11. The fourth-order valence-electron chi connectivity index (χ4n) is 4.27. The first-order valence-electron chi connectivity index (χ1n) is 11.1. The highest BCUT2D eigenvalue weighted by atomic mass is 16.7. The fourth-order valence-corrected chi connectivity index (χ4v) is 4.27. The smallest absolute Gasteiger partial charge is 0.191 e. The van der Waals surface area contributed by atoms with Gasteiger partial charge in [-0.2, -0.15) is 0 Å². The van der Waals surface area contributed by atoms with E-state index in [9.17, 15) is 0 Å². The summed E-state index contributed by atoms with van der Waals surface area (Å²) in [7, 11) is 0. The molecule has 2 unspecified atom stereocenters. The molecule has 1 saturated carbocycles. The number of aliphatic imine (C=N–C) groups is 1. The minimum atomic E-state index is -0.343. The van der Waals surface area contributed by atoms with Crippen molar-refractivity contribution >= 4 is 5.96 Å². The normalized spacial score (nSPS) is 32.7. The van der Waals surface area contributed by atoms with Gasteiger partial charge in [0.15, 0.2) is 11.7 Å². The summed E-state index contributed by atoms with van der Waals surface area (Å²) >= 11 is 0. The van der Waals surface area contributed by atoms with E-state index < -0.39 is 0 Å². The number of nitrogens with one attached hydrogen (secondary N) is 2. The predicted octanol–water partition coefficient (Wildman–Crippen LogP) is 2.72. The third-order valence-electron chi connectivity index (χ3n) is 6.22. The molecule has 0 bridgehead atoms. The fraction of sp³-hybridized carbons (Fsp3) is 0.773. The lowest BCUT2D eigenvalue weighted by atomic mass is 9.86. The standard InChI is InChI=1S/C22H35N3O4/c1-17-4-8-22(9-5-17)28-16-20(29-22)14-25-21(24-13-18-7-12-26-15-18)23-10-6-19-3-2-11-27-19/h2-3,11,17-18,20H,4-10,12-16H2,1H3,(H2,23,24,25). The SMILES string of the molecule is CC1CCC2(CC1)OCC(CNC(=NCC1CCOC1)NCCc1ccco1)O2. The van der Waals surface area contributed by atoms with Crippen LogP contribution in [0.25, 0.3) is 0 Å². The van der Waals surface area contributed by atoms with Crippen molar-refractivity contribution in [2.75, 3.05) is 39.5 Å². The van der Waals surface area contributed by atoms with Crippen molar-refractivity contribution in [2.24, 2.45) is 16.8 Å². The van der Waals surface area contributed by atoms with Gasteiger partial charge >= 0.3 is 0 Å². The molecule has 2 N–H and O–H groups in total. The second kappa shape index (κ2) is 9.96. The predicted molar refractivity (Wildman–Crippen MR) is 111 cm³/mol. The lowest BCUT2D eigenvalue weighted by molar-refractivity contribution is -0.191. The largest absolute Gasteiger partial charge is 0.469 e. The Bertz CT molecular complexity index is 634. The molecule has 29 heavy (non-hydrogen) atoms. The number of hydrogen-bond acceptors (Lipinski definition) is 5. The van der Waals surface area contributed by atoms with Crippen LogP contribution in [0.1, 0.15) is 44.8 Å². The van der Waals surface area contributed by atoms with E-state index in [-0.39, 0.29) is 11.9 Å². The molecule has 3 fully saturated rings. The second-order valence-corrected chi connectivity index (χ2v) is 8.70. The Morgan fingerprint density at radius 2 is 2.10 bits per heavy atom. The summed E-state index contributed by atoms with van der Waals surface area (Å²) in [5.41, 5.74) is 0. The van der Waals surface area contributed by atoms with Gasteiger partial charge in [-0.05, 0) is 37.3 Å². The van der Waals surface area contributed by atoms with E-state index in [0.29, 0.717) is 19.1 Å². The van der Waals surface area contributed by atoms with Gasteiger partial charge in [0.2, 0.25) is 0 Å². The van der Waals surface area contributed by atoms with Gasteiger partial charge < -0.3 is 29.3 Å². The number of nitrogens with zero attached hydrogens (tertiary/aromatic N) is 1. The van der Waals surface area contributed by atoms with Crippen molar-refractivity contribution in [1.29, 1.82) is 0 Å². The molecular formula is C22H35N3O4. The molecule has 162 valence electrons. The second-order valence-electron chi connectivity index (χ2n) is 8.70. The lowest BCUT2D eigenvalue weighted by Gasteiger charge is -2.34. The van der Waals surface area contributed by atoms with Gasteiger partial charge in [0.25, 0.3) is 0 Å². The minimum absolute atomic E-state index is 0.0651. The van der Waals surface area contributed by atoms with Crippen LogP contribution in [0.5, 0.6) is 0 Å². The van der Waals surface area contributed by atoms with Gasteiger partial charge in [-0.3, -0.25) is 4.99 Å². The topological polar surface area (TPSA) is 77.2 Å². The molecule has 0 radical (unpaired) electrons. The minimum Gasteiger partial charge on any atom is -0.469 e. The number of guanidine groups is 1. The monoisotopic (exact) mass is 405 g/mol. The molecule has 2 aliphatic heterocycles. The van der Waals surface area contributed by atoms with Crippen LogP contribution in [-0.4, -0.2) is 57.3 Å². The lowest BCUT2D eigenvalue weighted by Crippen LogP contribution is -2.43. The molecule has 7 nitrogen and oxygen atoms in total. The maximum Gasteiger partial charge on any atom is 0.191 e. The highest BCUT2D eigenvalue weighted by Gasteiger charge is 2.43. The average Bonchev–Trinajstić information content (AvgIpc) is 3.49. The Hall–Kier alpha value is -1.57. The molecule has 3 heterocycles. The molecule has 2 saturated heterocycles. The van der Waals surface area contributed by atoms with E-state index >= 15 is 0 Å². The molecule has 1 spiro atoms. The first-order valence-corrected chi connectivity index (χ1v) is 11.1. The zero-order valence-corrected chi connectivity index (χ0v) is 17.5. The Balaban J connectivity index is 1.25. The van der Waals surface area contributed by atoms with Crippen molar-refractivity contribution in [3.63, 3.8) is 0 Å². The van der Waals surface area contributed by atoms with Crippen LogP contribution in [0, 0.1) is 11.8 Å². The highest BCUT2D eigenvalue weighted by molar-refractivity contribution is 5.79. The van der Waals surface area contributed by atoms with Gasteiger partial charge in [0.1, 0.15) is 11.9 Å². The number of rotatable bonds is 7. The number of ether oxygens (including phenoxy) is 3. The van der Waals surface area contributed by atoms with Crippen molar-refractivity contribution in [3.8, 4) is 0 Å². The Morgan fingerprint density at radius 3 is 2.86 bits per heavy atom. The first-order chi connectivity index (χ1) is 14.2. The molecule has 3 aliphatic rings. The average molecular weight is 406 g/mol. The highest BCUT2D eigenvalue weighted by Crippen LogP contribution is 2.39. The summed E-state index contributed by atoms with van der Waals surface area (Å²) in [5, 5.41) is 6.88. The summed E-state index contributed by atoms with van der Waals surface area (Å²) < 4.78 is 23.3. The molecule has 0 aromatic carbocycles. The van der Waals surface area contributed by atoms with E-state index in [4.69, 9.17) is 23.6 Å². The molecule has 7 heteroatoms. The van der Waals surface area contributed by atoms with E-state index in [1.54, 1.807) is 6.26 Å². The van der Waals surface area contributed by atoms with Gasteiger partial charge in [0.05, 0.1) is 19.5 Å². The van der Waals surface area contributed by atoms with Gasteiger partial charge in [-0.25, -0.2) is 0 Å². The molecule has 2 atom stereocenters. The van der Waals surface area contributed by atoms with Crippen LogP contribution in [0.2, 0.25) is 0 Å². The van der Waals surface area contributed by atoms with E-state index in [1.807, 2.05) is 12.1 Å². The zero-order chi connectivity index (χ0) is 19.9. The van der Waals surface area contributed by atoms with E-state index in [2.05, 4.69) is 17.6 Å². The first kappa shape index (κ1) is 20.7. The molecule has 0 amide bonds. The van der Waals surface area contributed by atoms with E-state index in [0.717, 1.165) is 69.6 Å². The molecular weight excluding hydrogens is 370 g/mol. The maximum atomic E-state index is 6.33.